The number of nitrogens with one attached hydrogen (secondary N) is 1. The number of benzene rings is 1. The van der Waals surface area contributed by atoms with Crippen molar-refractivity contribution in [3.8, 4) is 0 Å². The highest BCUT2D eigenvalue weighted by Crippen LogP contribution is 2.32. The standard InChI is InChI=1S/C14H22N2O/c1-17-13-8-5-9-14(10-13,11-15)16-12-6-3-2-4-7-12/h2-4,6-7,13,16H,5,8-11,15H2,1H3. The van der Waals surface area contributed by atoms with Crippen LogP contribution >= 0.6 is 0 Å². The third-order valence-corrected chi connectivity index (χ3v) is 3.71. The highest BCUT2D eigenvalue weighted by atomic mass is 16.5. The largest absolute Gasteiger partial charge is 0.381 e. The Morgan fingerprint density at radius 3 is 2.82 bits per heavy atom. The van der Waals surface area contributed by atoms with E-state index < -0.39 is 0 Å². The minimum atomic E-state index is 0.000278. The predicted molar refractivity (Wildman–Crippen MR) is 71.1 cm³/mol. The van der Waals surface area contributed by atoms with Crippen molar-refractivity contribution in [3.63, 3.8) is 0 Å². The summed E-state index contributed by atoms with van der Waals surface area (Å²) in [6, 6.07) is 10.3. The Hall–Kier alpha value is -1.06. The minimum Gasteiger partial charge on any atom is -0.381 e. The molecule has 0 amide bonds. The molecule has 1 aromatic rings. The first-order valence-corrected chi connectivity index (χ1v) is 6.34. The summed E-state index contributed by atoms with van der Waals surface area (Å²) < 4.78 is 5.49. The van der Waals surface area contributed by atoms with Crippen molar-refractivity contribution in [1.29, 1.82) is 0 Å². The van der Waals surface area contributed by atoms with Crippen LogP contribution in [0.5, 0.6) is 0 Å². The zero-order chi connectivity index (χ0) is 12.1. The smallest absolute Gasteiger partial charge is 0.0594 e. The fourth-order valence-corrected chi connectivity index (χ4v) is 2.69. The lowest BCUT2D eigenvalue weighted by Gasteiger charge is -2.41. The quantitative estimate of drug-likeness (QED) is 0.841. The zero-order valence-corrected chi connectivity index (χ0v) is 10.5. The van der Waals surface area contributed by atoms with Crippen molar-refractivity contribution in [2.24, 2.45) is 5.73 Å². The first kappa shape index (κ1) is 12.4. The van der Waals surface area contributed by atoms with E-state index in [1.54, 1.807) is 7.11 Å². The second kappa shape index (κ2) is 5.52. The van der Waals surface area contributed by atoms with Gasteiger partial charge in [0.1, 0.15) is 0 Å². The van der Waals surface area contributed by atoms with Crippen LogP contribution in [0.15, 0.2) is 30.3 Å². The van der Waals surface area contributed by atoms with Gasteiger partial charge >= 0.3 is 0 Å². The van der Waals surface area contributed by atoms with Gasteiger partial charge in [0.2, 0.25) is 0 Å². The lowest BCUT2D eigenvalue weighted by molar-refractivity contribution is 0.0483. The summed E-state index contributed by atoms with van der Waals surface area (Å²) >= 11 is 0. The van der Waals surface area contributed by atoms with Gasteiger partial charge < -0.3 is 15.8 Å². The molecule has 0 aliphatic heterocycles. The van der Waals surface area contributed by atoms with E-state index in [-0.39, 0.29) is 5.54 Å². The molecule has 0 saturated heterocycles. The molecule has 0 radical (unpaired) electrons. The molecule has 1 aliphatic rings. The fraction of sp³-hybridized carbons (Fsp3) is 0.571. The van der Waals surface area contributed by atoms with Gasteiger partial charge in [-0.3, -0.25) is 0 Å². The molecule has 2 unspecified atom stereocenters. The molecule has 1 fully saturated rings. The summed E-state index contributed by atoms with van der Waals surface area (Å²) in [7, 11) is 1.79. The number of hydrogen-bond acceptors (Lipinski definition) is 3. The van der Waals surface area contributed by atoms with Crippen molar-refractivity contribution in [2.75, 3.05) is 19.0 Å². The molecule has 2 atom stereocenters. The van der Waals surface area contributed by atoms with Crippen LogP contribution in [0, 0.1) is 0 Å². The molecule has 1 aromatic carbocycles. The Kier molecular flexibility index (Phi) is 4.02. The van der Waals surface area contributed by atoms with Crippen molar-refractivity contribution in [3.05, 3.63) is 30.3 Å². The molecule has 3 N–H and O–H groups in total. The SMILES string of the molecule is COC1CCCC(CN)(Nc2ccccc2)C1. The van der Waals surface area contributed by atoms with Gasteiger partial charge in [0, 0.05) is 19.3 Å². The number of hydrogen-bond donors (Lipinski definition) is 2. The molecular formula is C14H22N2O. The lowest BCUT2D eigenvalue weighted by Crippen LogP contribution is -2.50. The highest BCUT2D eigenvalue weighted by molar-refractivity contribution is 5.45. The zero-order valence-electron chi connectivity index (χ0n) is 10.5. The monoisotopic (exact) mass is 234 g/mol. The Labute approximate surface area is 103 Å². The minimum absolute atomic E-state index is 0.000278. The number of nitrogens with two attached hydrogens (primary N) is 1. The molecule has 0 spiro atoms. The molecular weight excluding hydrogens is 212 g/mol. The first-order chi connectivity index (χ1) is 8.28. The van der Waals surface area contributed by atoms with Gasteiger partial charge in [-0.05, 0) is 37.8 Å². The van der Waals surface area contributed by atoms with Crippen LogP contribution < -0.4 is 11.1 Å². The second-order valence-corrected chi connectivity index (χ2v) is 4.93. The summed E-state index contributed by atoms with van der Waals surface area (Å²) in [5.74, 6) is 0. The van der Waals surface area contributed by atoms with Crippen LogP contribution in [-0.2, 0) is 4.74 Å². The van der Waals surface area contributed by atoms with Gasteiger partial charge in [0.25, 0.3) is 0 Å². The average molecular weight is 234 g/mol. The van der Waals surface area contributed by atoms with Crippen molar-refractivity contribution in [2.45, 2.75) is 37.3 Å². The number of para-hydroxylation sites is 1. The maximum Gasteiger partial charge on any atom is 0.0594 e. The van der Waals surface area contributed by atoms with Gasteiger partial charge in [-0.15, -0.1) is 0 Å². The van der Waals surface area contributed by atoms with Gasteiger partial charge in [-0.2, -0.15) is 0 Å². The Balaban J connectivity index is 2.08. The van der Waals surface area contributed by atoms with Crippen LogP contribution in [-0.4, -0.2) is 25.3 Å². The van der Waals surface area contributed by atoms with Crippen LogP contribution in [0.3, 0.4) is 0 Å². The average Bonchev–Trinajstić information content (AvgIpc) is 2.40. The molecule has 17 heavy (non-hydrogen) atoms. The summed E-state index contributed by atoms with van der Waals surface area (Å²) in [4.78, 5) is 0. The van der Waals surface area contributed by atoms with Crippen molar-refractivity contribution >= 4 is 5.69 Å². The van der Waals surface area contributed by atoms with E-state index in [1.165, 1.54) is 6.42 Å². The first-order valence-electron chi connectivity index (χ1n) is 6.34. The second-order valence-electron chi connectivity index (χ2n) is 4.93. The Morgan fingerprint density at radius 1 is 1.41 bits per heavy atom. The maximum absolute atomic E-state index is 5.98. The molecule has 2 rings (SSSR count). The number of ether oxygens (including phenoxy) is 1. The third kappa shape index (κ3) is 2.99. The summed E-state index contributed by atoms with van der Waals surface area (Å²) in [6.07, 6.45) is 4.78. The lowest BCUT2D eigenvalue weighted by atomic mass is 9.80. The maximum atomic E-state index is 5.98. The van der Waals surface area contributed by atoms with E-state index in [0.29, 0.717) is 12.6 Å². The predicted octanol–water partition coefficient (Wildman–Crippen LogP) is 2.39. The summed E-state index contributed by atoms with van der Waals surface area (Å²) in [6.45, 7) is 0.655. The van der Waals surface area contributed by atoms with Crippen LogP contribution in [0.4, 0.5) is 5.69 Å². The normalized spacial score (nSPS) is 28.9. The van der Waals surface area contributed by atoms with E-state index in [0.717, 1.165) is 24.9 Å². The van der Waals surface area contributed by atoms with Gasteiger partial charge in [0.15, 0.2) is 0 Å². The van der Waals surface area contributed by atoms with Crippen molar-refractivity contribution in [1.82, 2.24) is 0 Å². The molecule has 3 heteroatoms. The Bertz CT molecular complexity index is 341. The van der Waals surface area contributed by atoms with E-state index >= 15 is 0 Å². The van der Waals surface area contributed by atoms with Gasteiger partial charge in [-0.1, -0.05) is 18.2 Å². The Morgan fingerprint density at radius 2 is 2.18 bits per heavy atom. The van der Waals surface area contributed by atoms with E-state index in [9.17, 15) is 0 Å². The van der Waals surface area contributed by atoms with Crippen LogP contribution in [0.1, 0.15) is 25.7 Å². The van der Waals surface area contributed by atoms with E-state index in [4.69, 9.17) is 10.5 Å². The summed E-state index contributed by atoms with van der Waals surface area (Å²) in [5.41, 5.74) is 7.13. The highest BCUT2D eigenvalue weighted by Gasteiger charge is 2.35. The topological polar surface area (TPSA) is 47.3 Å². The molecule has 0 aromatic heterocycles. The van der Waals surface area contributed by atoms with E-state index in [1.807, 2.05) is 18.2 Å². The fourth-order valence-electron chi connectivity index (χ4n) is 2.69. The number of rotatable bonds is 4. The van der Waals surface area contributed by atoms with Crippen LogP contribution in [0.2, 0.25) is 0 Å². The third-order valence-electron chi connectivity index (χ3n) is 3.71. The summed E-state index contributed by atoms with van der Waals surface area (Å²) in [5, 5.41) is 3.60. The van der Waals surface area contributed by atoms with Crippen molar-refractivity contribution < 1.29 is 4.74 Å². The number of anilines is 1. The van der Waals surface area contributed by atoms with Gasteiger partial charge in [0.05, 0.1) is 11.6 Å². The number of methoxy groups -OCH3 is 1. The molecule has 1 aliphatic carbocycles. The molecule has 0 heterocycles. The van der Waals surface area contributed by atoms with E-state index in [2.05, 4.69) is 17.4 Å². The molecule has 3 nitrogen and oxygen atoms in total. The van der Waals surface area contributed by atoms with Gasteiger partial charge in [-0.25, -0.2) is 0 Å². The molecule has 1 saturated carbocycles. The molecule has 94 valence electrons. The van der Waals surface area contributed by atoms with Crippen LogP contribution in [0.25, 0.3) is 0 Å². The molecule has 0 bridgehead atoms.